The van der Waals surface area contributed by atoms with Crippen molar-refractivity contribution in [3.05, 3.63) is 37.2 Å². The van der Waals surface area contributed by atoms with Gasteiger partial charge in [-0.3, -0.25) is 0 Å². The zero-order valence-corrected chi connectivity index (χ0v) is 15.0. The molecule has 0 aliphatic carbocycles. The molecule has 4 heterocycles. The monoisotopic (exact) mass is 352 g/mol. The second-order valence-corrected chi connectivity index (χ2v) is 6.62. The number of methoxy groups -OCH3 is 1. The lowest BCUT2D eigenvalue weighted by Gasteiger charge is -2.35. The Labute approximate surface area is 152 Å². The zero-order valence-electron chi connectivity index (χ0n) is 15.0. The molecular weight excluding hydrogens is 328 g/mol. The van der Waals surface area contributed by atoms with Crippen molar-refractivity contribution < 1.29 is 4.74 Å². The van der Waals surface area contributed by atoms with E-state index in [9.17, 15) is 0 Å². The first-order valence-corrected chi connectivity index (χ1v) is 9.05. The maximum atomic E-state index is 5.16. The number of ether oxygens (including phenoxy) is 1. The fourth-order valence-corrected chi connectivity index (χ4v) is 3.70. The maximum Gasteiger partial charge on any atom is 0.139 e. The lowest BCUT2D eigenvalue weighted by Crippen LogP contribution is -2.46. The van der Waals surface area contributed by atoms with Crippen molar-refractivity contribution in [2.45, 2.75) is 18.9 Å². The molecule has 1 atom stereocenters. The molecule has 1 aliphatic rings. The van der Waals surface area contributed by atoms with Crippen LogP contribution >= 0.6 is 0 Å². The molecule has 4 rings (SSSR count). The van der Waals surface area contributed by atoms with Crippen molar-refractivity contribution in [3.8, 4) is 11.1 Å². The number of hydrogen-bond acceptors (Lipinski definition) is 6. The van der Waals surface area contributed by atoms with Crippen LogP contribution in [-0.2, 0) is 4.74 Å². The number of nitrogens with one attached hydrogen (secondary N) is 2. The number of aromatic amines is 1. The van der Waals surface area contributed by atoms with Crippen LogP contribution in [0.5, 0.6) is 0 Å². The molecule has 0 radical (unpaired) electrons. The van der Waals surface area contributed by atoms with E-state index in [0.717, 1.165) is 48.4 Å². The average Bonchev–Trinajstić information content (AvgIpc) is 3.13. The minimum Gasteiger partial charge on any atom is -0.383 e. The minimum absolute atomic E-state index is 0.476. The van der Waals surface area contributed by atoms with Crippen molar-refractivity contribution >= 4 is 16.7 Å². The van der Waals surface area contributed by atoms with Gasteiger partial charge in [-0.25, -0.2) is 15.0 Å². The van der Waals surface area contributed by atoms with Crippen LogP contribution in [0.3, 0.4) is 0 Å². The number of hydrogen-bond donors (Lipinski definition) is 2. The molecule has 0 spiro atoms. The standard InChI is InChI=1S/C19H24N6O/c1-26-8-6-22-15-3-2-7-25(12-15)17-4-5-23-19-18(17)16(11-24-19)14-9-20-13-21-10-14/h4-5,9-11,13,15,22H,2-3,6-8,12H2,1H3,(H,23,24)/t15-/m0/s1. The largest absolute Gasteiger partial charge is 0.383 e. The second kappa shape index (κ2) is 7.80. The molecule has 0 bridgehead atoms. The molecule has 1 saturated heterocycles. The van der Waals surface area contributed by atoms with Gasteiger partial charge >= 0.3 is 0 Å². The highest BCUT2D eigenvalue weighted by molar-refractivity contribution is 6.02. The van der Waals surface area contributed by atoms with Gasteiger partial charge in [0.25, 0.3) is 0 Å². The molecule has 0 unspecified atom stereocenters. The van der Waals surface area contributed by atoms with Crippen LogP contribution in [0.25, 0.3) is 22.2 Å². The Morgan fingerprint density at radius 1 is 1.35 bits per heavy atom. The van der Waals surface area contributed by atoms with E-state index < -0.39 is 0 Å². The van der Waals surface area contributed by atoms with Gasteiger partial charge in [-0.15, -0.1) is 0 Å². The predicted octanol–water partition coefficient (Wildman–Crippen LogP) is 2.22. The van der Waals surface area contributed by atoms with E-state index in [1.807, 2.05) is 24.8 Å². The fourth-order valence-electron chi connectivity index (χ4n) is 3.70. The highest BCUT2D eigenvalue weighted by Crippen LogP contribution is 2.35. The number of fused-ring (bicyclic) bond motifs is 1. The molecule has 26 heavy (non-hydrogen) atoms. The number of piperidine rings is 1. The first-order valence-electron chi connectivity index (χ1n) is 9.05. The van der Waals surface area contributed by atoms with Crippen molar-refractivity contribution in [1.29, 1.82) is 0 Å². The van der Waals surface area contributed by atoms with E-state index in [2.05, 4.69) is 36.2 Å². The van der Waals surface area contributed by atoms with E-state index in [1.165, 1.54) is 18.5 Å². The van der Waals surface area contributed by atoms with Crippen molar-refractivity contribution in [1.82, 2.24) is 25.3 Å². The predicted molar refractivity (Wildman–Crippen MR) is 102 cm³/mol. The molecule has 3 aromatic heterocycles. The summed E-state index contributed by atoms with van der Waals surface area (Å²) in [6.45, 7) is 3.67. The fraction of sp³-hybridized carbons (Fsp3) is 0.421. The lowest BCUT2D eigenvalue weighted by atomic mass is 10.0. The third-order valence-corrected chi connectivity index (χ3v) is 4.92. The first-order chi connectivity index (χ1) is 12.9. The second-order valence-electron chi connectivity index (χ2n) is 6.62. The lowest BCUT2D eigenvalue weighted by molar-refractivity contribution is 0.194. The van der Waals surface area contributed by atoms with Gasteiger partial charge in [0, 0.05) is 74.4 Å². The van der Waals surface area contributed by atoms with Crippen LogP contribution in [0, 0.1) is 0 Å². The van der Waals surface area contributed by atoms with Gasteiger partial charge in [-0.05, 0) is 18.9 Å². The summed E-state index contributed by atoms with van der Waals surface area (Å²) in [6, 6.07) is 2.59. The van der Waals surface area contributed by atoms with Crippen molar-refractivity contribution in [2.75, 3.05) is 38.3 Å². The summed E-state index contributed by atoms with van der Waals surface area (Å²) in [4.78, 5) is 18.6. The topological polar surface area (TPSA) is 79.0 Å². The van der Waals surface area contributed by atoms with Crippen molar-refractivity contribution in [3.63, 3.8) is 0 Å². The van der Waals surface area contributed by atoms with Gasteiger partial charge in [0.15, 0.2) is 0 Å². The van der Waals surface area contributed by atoms with Gasteiger partial charge in [-0.1, -0.05) is 0 Å². The molecule has 0 saturated carbocycles. The molecule has 0 aromatic carbocycles. The number of rotatable bonds is 6. The zero-order chi connectivity index (χ0) is 17.8. The third kappa shape index (κ3) is 3.40. The number of H-pyrrole nitrogens is 1. The Bertz CT molecular complexity index is 850. The normalized spacial score (nSPS) is 17.7. The molecule has 2 N–H and O–H groups in total. The molecule has 7 heteroatoms. The van der Waals surface area contributed by atoms with Crippen LogP contribution in [-0.4, -0.2) is 59.3 Å². The molecule has 136 valence electrons. The Balaban J connectivity index is 1.65. The highest BCUT2D eigenvalue weighted by atomic mass is 16.5. The Kier molecular flexibility index (Phi) is 5.08. The van der Waals surface area contributed by atoms with E-state index in [4.69, 9.17) is 4.74 Å². The molecule has 1 aliphatic heterocycles. The van der Waals surface area contributed by atoms with E-state index in [1.54, 1.807) is 13.4 Å². The van der Waals surface area contributed by atoms with Crippen LogP contribution in [0.2, 0.25) is 0 Å². The van der Waals surface area contributed by atoms with Gasteiger partial charge in [-0.2, -0.15) is 0 Å². The van der Waals surface area contributed by atoms with Gasteiger partial charge in [0.05, 0.1) is 12.0 Å². The van der Waals surface area contributed by atoms with Crippen LogP contribution in [0.4, 0.5) is 5.69 Å². The molecule has 7 nitrogen and oxygen atoms in total. The van der Waals surface area contributed by atoms with E-state index in [0.29, 0.717) is 6.04 Å². The summed E-state index contributed by atoms with van der Waals surface area (Å²) in [5.74, 6) is 0. The third-order valence-electron chi connectivity index (χ3n) is 4.92. The molecular formula is C19H24N6O. The minimum atomic E-state index is 0.476. The average molecular weight is 352 g/mol. The molecule has 1 fully saturated rings. The van der Waals surface area contributed by atoms with Gasteiger partial charge in [0.2, 0.25) is 0 Å². The SMILES string of the molecule is COCCN[C@H]1CCCN(c2ccnc3[nH]cc(-c4cncnc4)c23)C1. The quantitative estimate of drug-likeness (QED) is 0.662. The summed E-state index contributed by atoms with van der Waals surface area (Å²) in [7, 11) is 1.74. The maximum absolute atomic E-state index is 5.16. The Morgan fingerprint density at radius 3 is 3.08 bits per heavy atom. The summed E-state index contributed by atoms with van der Waals surface area (Å²) < 4.78 is 5.16. The number of anilines is 1. The van der Waals surface area contributed by atoms with Crippen LogP contribution in [0.15, 0.2) is 37.2 Å². The van der Waals surface area contributed by atoms with E-state index >= 15 is 0 Å². The smallest absolute Gasteiger partial charge is 0.139 e. The van der Waals surface area contributed by atoms with E-state index in [-0.39, 0.29) is 0 Å². The highest BCUT2D eigenvalue weighted by Gasteiger charge is 2.23. The first kappa shape index (κ1) is 16.9. The summed E-state index contributed by atoms with van der Waals surface area (Å²) in [6.07, 6.45) is 11.5. The van der Waals surface area contributed by atoms with Gasteiger partial charge < -0.3 is 19.9 Å². The van der Waals surface area contributed by atoms with Crippen molar-refractivity contribution in [2.24, 2.45) is 0 Å². The van der Waals surface area contributed by atoms with Crippen LogP contribution < -0.4 is 10.2 Å². The van der Waals surface area contributed by atoms with Gasteiger partial charge in [0.1, 0.15) is 12.0 Å². The van der Waals surface area contributed by atoms with Crippen LogP contribution in [0.1, 0.15) is 12.8 Å². The molecule has 3 aromatic rings. The number of nitrogens with zero attached hydrogens (tertiary/aromatic N) is 4. The summed E-state index contributed by atoms with van der Waals surface area (Å²) >= 11 is 0. The number of aromatic nitrogens is 4. The molecule has 0 amide bonds. The number of pyridine rings is 1. The Hall–Kier alpha value is -2.51. The summed E-state index contributed by atoms with van der Waals surface area (Å²) in [5.41, 5.74) is 4.21. The Morgan fingerprint density at radius 2 is 2.23 bits per heavy atom. The summed E-state index contributed by atoms with van der Waals surface area (Å²) in [5, 5.41) is 4.74.